The highest BCUT2D eigenvalue weighted by Gasteiger charge is 2.08. The SMILES string of the molecule is CSc1cc(CC(C)N)cc(Br)c1SC. The third-order valence-corrected chi connectivity index (χ3v) is 4.68. The van der Waals surface area contributed by atoms with Gasteiger partial charge in [0, 0.05) is 20.3 Å². The van der Waals surface area contributed by atoms with Gasteiger partial charge < -0.3 is 5.73 Å². The van der Waals surface area contributed by atoms with E-state index in [0.29, 0.717) is 0 Å². The average Bonchev–Trinajstić information content (AvgIpc) is 2.15. The van der Waals surface area contributed by atoms with Gasteiger partial charge in [0.1, 0.15) is 0 Å². The van der Waals surface area contributed by atoms with Crippen molar-refractivity contribution in [2.45, 2.75) is 29.2 Å². The molecule has 1 aromatic carbocycles. The van der Waals surface area contributed by atoms with Crippen LogP contribution in [0.4, 0.5) is 0 Å². The van der Waals surface area contributed by atoms with E-state index in [-0.39, 0.29) is 6.04 Å². The molecule has 1 aromatic rings. The zero-order valence-corrected chi connectivity index (χ0v) is 12.4. The molecule has 0 heterocycles. The van der Waals surface area contributed by atoms with E-state index in [1.54, 1.807) is 23.5 Å². The minimum Gasteiger partial charge on any atom is -0.328 e. The number of benzene rings is 1. The van der Waals surface area contributed by atoms with Crippen LogP contribution in [-0.2, 0) is 6.42 Å². The fraction of sp³-hybridized carbons (Fsp3) is 0.455. The van der Waals surface area contributed by atoms with Crippen LogP contribution in [0.2, 0.25) is 0 Å². The maximum absolute atomic E-state index is 5.81. The van der Waals surface area contributed by atoms with E-state index in [0.717, 1.165) is 6.42 Å². The molecular weight excluding hydrogens is 290 g/mol. The summed E-state index contributed by atoms with van der Waals surface area (Å²) in [7, 11) is 0. The van der Waals surface area contributed by atoms with Gasteiger partial charge in [-0.15, -0.1) is 23.5 Å². The largest absolute Gasteiger partial charge is 0.328 e. The minimum atomic E-state index is 0.215. The molecular formula is C11H16BrNS2. The van der Waals surface area contributed by atoms with Crippen LogP contribution in [0.1, 0.15) is 12.5 Å². The van der Waals surface area contributed by atoms with Crippen molar-refractivity contribution in [2.24, 2.45) is 5.73 Å². The van der Waals surface area contributed by atoms with E-state index in [4.69, 9.17) is 5.73 Å². The molecule has 0 bridgehead atoms. The molecule has 0 aromatic heterocycles. The van der Waals surface area contributed by atoms with Crippen LogP contribution >= 0.6 is 39.5 Å². The monoisotopic (exact) mass is 305 g/mol. The molecule has 0 aliphatic heterocycles. The quantitative estimate of drug-likeness (QED) is 0.857. The van der Waals surface area contributed by atoms with E-state index in [1.807, 2.05) is 6.92 Å². The Kier molecular flexibility index (Phi) is 5.53. The Morgan fingerprint density at radius 3 is 2.47 bits per heavy atom. The molecule has 1 rings (SSSR count). The minimum absolute atomic E-state index is 0.215. The lowest BCUT2D eigenvalue weighted by atomic mass is 10.1. The number of rotatable bonds is 4. The summed E-state index contributed by atoms with van der Waals surface area (Å²) in [4.78, 5) is 2.64. The van der Waals surface area contributed by atoms with E-state index < -0.39 is 0 Å². The fourth-order valence-electron chi connectivity index (χ4n) is 1.46. The highest BCUT2D eigenvalue weighted by atomic mass is 79.9. The smallest absolute Gasteiger partial charge is 0.0348 e. The maximum Gasteiger partial charge on any atom is 0.0348 e. The molecule has 0 spiro atoms. The summed E-state index contributed by atoms with van der Waals surface area (Å²) in [6.45, 7) is 2.04. The van der Waals surface area contributed by atoms with Gasteiger partial charge in [0.15, 0.2) is 0 Å². The lowest BCUT2D eigenvalue weighted by molar-refractivity contribution is 0.735. The number of nitrogens with two attached hydrogens (primary N) is 1. The Morgan fingerprint density at radius 2 is 2.00 bits per heavy atom. The second-order valence-electron chi connectivity index (χ2n) is 3.49. The summed E-state index contributed by atoms with van der Waals surface area (Å²) in [6, 6.07) is 4.63. The lowest BCUT2D eigenvalue weighted by Gasteiger charge is -2.12. The summed E-state index contributed by atoms with van der Waals surface area (Å²) in [5, 5.41) is 0. The summed E-state index contributed by atoms with van der Waals surface area (Å²) in [5.41, 5.74) is 7.11. The van der Waals surface area contributed by atoms with Crippen molar-refractivity contribution < 1.29 is 0 Å². The van der Waals surface area contributed by atoms with E-state index in [2.05, 4.69) is 40.6 Å². The molecule has 1 unspecified atom stereocenters. The Balaban J connectivity index is 3.08. The number of hydrogen-bond acceptors (Lipinski definition) is 3. The van der Waals surface area contributed by atoms with E-state index in [1.165, 1.54) is 19.8 Å². The molecule has 0 aliphatic carbocycles. The van der Waals surface area contributed by atoms with Gasteiger partial charge in [0.25, 0.3) is 0 Å². The van der Waals surface area contributed by atoms with E-state index in [9.17, 15) is 0 Å². The van der Waals surface area contributed by atoms with Crippen LogP contribution in [0.25, 0.3) is 0 Å². The first-order valence-electron chi connectivity index (χ1n) is 4.74. The molecule has 0 aliphatic rings. The maximum atomic E-state index is 5.81. The topological polar surface area (TPSA) is 26.0 Å². The van der Waals surface area contributed by atoms with Gasteiger partial charge >= 0.3 is 0 Å². The Bertz CT molecular complexity index is 340. The average molecular weight is 306 g/mol. The van der Waals surface area contributed by atoms with Gasteiger partial charge in [-0.05, 0) is 59.5 Å². The van der Waals surface area contributed by atoms with Crippen LogP contribution in [0.15, 0.2) is 26.4 Å². The van der Waals surface area contributed by atoms with Crippen molar-refractivity contribution in [3.8, 4) is 0 Å². The van der Waals surface area contributed by atoms with Crippen molar-refractivity contribution in [2.75, 3.05) is 12.5 Å². The van der Waals surface area contributed by atoms with Crippen LogP contribution in [0.5, 0.6) is 0 Å². The van der Waals surface area contributed by atoms with Crippen LogP contribution in [0.3, 0.4) is 0 Å². The molecule has 0 saturated heterocycles. The standard InChI is InChI=1S/C11H16BrNS2/c1-7(13)4-8-5-9(12)11(15-3)10(6-8)14-2/h5-7H,4,13H2,1-3H3. The molecule has 84 valence electrons. The first-order valence-corrected chi connectivity index (χ1v) is 7.98. The molecule has 15 heavy (non-hydrogen) atoms. The van der Waals surface area contributed by atoms with Gasteiger partial charge in [0.2, 0.25) is 0 Å². The third-order valence-electron chi connectivity index (χ3n) is 2.05. The molecule has 0 saturated carbocycles. The highest BCUT2D eigenvalue weighted by Crippen LogP contribution is 2.36. The van der Waals surface area contributed by atoms with Crippen molar-refractivity contribution >= 4 is 39.5 Å². The summed E-state index contributed by atoms with van der Waals surface area (Å²) < 4.78 is 1.18. The molecule has 1 atom stereocenters. The molecule has 0 fully saturated rings. The molecule has 4 heteroatoms. The van der Waals surface area contributed by atoms with Crippen molar-refractivity contribution in [3.05, 3.63) is 22.2 Å². The molecule has 2 N–H and O–H groups in total. The van der Waals surface area contributed by atoms with Crippen LogP contribution < -0.4 is 5.73 Å². The molecule has 0 radical (unpaired) electrons. The summed E-state index contributed by atoms with van der Waals surface area (Å²) in [6.07, 6.45) is 5.14. The lowest BCUT2D eigenvalue weighted by Crippen LogP contribution is -2.17. The van der Waals surface area contributed by atoms with Crippen molar-refractivity contribution in [1.29, 1.82) is 0 Å². The molecule has 1 nitrogen and oxygen atoms in total. The van der Waals surface area contributed by atoms with Gasteiger partial charge in [-0.3, -0.25) is 0 Å². The first-order chi connectivity index (χ1) is 7.08. The van der Waals surface area contributed by atoms with Gasteiger partial charge in [0.05, 0.1) is 0 Å². The van der Waals surface area contributed by atoms with Crippen LogP contribution in [-0.4, -0.2) is 18.6 Å². The second-order valence-corrected chi connectivity index (χ2v) is 6.01. The highest BCUT2D eigenvalue weighted by molar-refractivity contribution is 9.10. The Morgan fingerprint density at radius 1 is 1.33 bits per heavy atom. The van der Waals surface area contributed by atoms with Crippen molar-refractivity contribution in [1.82, 2.24) is 0 Å². The Hall–Kier alpha value is 0.360. The summed E-state index contributed by atoms with van der Waals surface area (Å²) >= 11 is 7.17. The number of thioether (sulfide) groups is 2. The predicted octanol–water partition coefficient (Wildman–Crippen LogP) is 3.78. The van der Waals surface area contributed by atoms with Gasteiger partial charge in [-0.25, -0.2) is 0 Å². The zero-order chi connectivity index (χ0) is 11.4. The molecule has 0 amide bonds. The van der Waals surface area contributed by atoms with Crippen molar-refractivity contribution in [3.63, 3.8) is 0 Å². The number of halogens is 1. The normalized spacial score (nSPS) is 12.9. The second kappa shape index (κ2) is 6.18. The Labute approximate surface area is 109 Å². The van der Waals surface area contributed by atoms with Crippen LogP contribution in [0, 0.1) is 0 Å². The van der Waals surface area contributed by atoms with Gasteiger partial charge in [-0.2, -0.15) is 0 Å². The predicted molar refractivity (Wildman–Crippen MR) is 75.1 cm³/mol. The summed E-state index contributed by atoms with van der Waals surface area (Å²) in [5.74, 6) is 0. The fourth-order valence-corrected chi connectivity index (χ4v) is 4.16. The zero-order valence-electron chi connectivity index (χ0n) is 9.21. The van der Waals surface area contributed by atoms with Gasteiger partial charge in [-0.1, -0.05) is 0 Å². The van der Waals surface area contributed by atoms with E-state index >= 15 is 0 Å². The third kappa shape index (κ3) is 3.70. The first kappa shape index (κ1) is 13.4. The number of hydrogen-bond donors (Lipinski definition) is 1.